The molecule has 29 heavy (non-hydrogen) atoms. The van der Waals surface area contributed by atoms with Gasteiger partial charge in [-0.05, 0) is 26.8 Å². The lowest BCUT2D eigenvalue weighted by atomic mass is 10.0. The molecule has 158 valence electrons. The highest BCUT2D eigenvalue weighted by Gasteiger charge is 2.33. The number of piperidine rings is 1. The Morgan fingerprint density at radius 1 is 1.34 bits per heavy atom. The minimum atomic E-state index is -2.80. The number of carbonyl (C=O) groups is 1. The second-order valence-electron chi connectivity index (χ2n) is 7.82. The van der Waals surface area contributed by atoms with E-state index in [9.17, 15) is 18.0 Å². The van der Waals surface area contributed by atoms with Crippen molar-refractivity contribution in [3.63, 3.8) is 0 Å². The number of pyridine rings is 1. The van der Waals surface area contributed by atoms with Crippen molar-refractivity contribution < 1.29 is 22.7 Å². The molecule has 1 aliphatic heterocycles. The number of aromatic nitrogens is 3. The summed E-state index contributed by atoms with van der Waals surface area (Å²) >= 11 is 5.76. The maximum Gasteiger partial charge on any atom is 0.410 e. The molecule has 11 heteroatoms. The molecule has 0 aliphatic carbocycles. The number of carbonyl (C=O) groups excluding carboxylic acids is 1. The molecule has 0 spiro atoms. The molecule has 2 aromatic heterocycles. The lowest BCUT2D eigenvalue weighted by Gasteiger charge is -2.36. The van der Waals surface area contributed by atoms with Crippen molar-refractivity contribution in [2.75, 3.05) is 18.4 Å². The Hall–Kier alpha value is -2.36. The van der Waals surface area contributed by atoms with Gasteiger partial charge in [0.1, 0.15) is 28.0 Å². The van der Waals surface area contributed by atoms with Gasteiger partial charge in [0.15, 0.2) is 0 Å². The van der Waals surface area contributed by atoms with Gasteiger partial charge < -0.3 is 15.0 Å². The average Bonchev–Trinajstić information content (AvgIpc) is 2.59. The molecule has 7 nitrogen and oxygen atoms in total. The van der Waals surface area contributed by atoms with Gasteiger partial charge in [-0.25, -0.2) is 32.9 Å². The fraction of sp³-hybridized carbons (Fsp3) is 0.556. The van der Waals surface area contributed by atoms with E-state index in [0.717, 1.165) is 6.07 Å². The van der Waals surface area contributed by atoms with Crippen LogP contribution in [0.1, 0.15) is 39.2 Å². The number of anilines is 1. The third-order valence-electron chi connectivity index (χ3n) is 4.16. The lowest BCUT2D eigenvalue weighted by Crippen LogP contribution is -2.51. The van der Waals surface area contributed by atoms with Gasteiger partial charge >= 0.3 is 6.09 Å². The van der Waals surface area contributed by atoms with E-state index >= 15 is 0 Å². The zero-order valence-electron chi connectivity index (χ0n) is 16.1. The maximum absolute atomic E-state index is 14.2. The molecule has 2 aromatic rings. The Labute approximate surface area is 170 Å². The number of hydrogen-bond donors (Lipinski definition) is 1. The first kappa shape index (κ1) is 21.4. The summed E-state index contributed by atoms with van der Waals surface area (Å²) in [5.41, 5.74) is -0.989. The van der Waals surface area contributed by atoms with Crippen LogP contribution >= 0.6 is 11.6 Å². The number of fused-ring (bicyclic) bond motifs is 1. The highest BCUT2D eigenvalue weighted by Crippen LogP contribution is 2.28. The van der Waals surface area contributed by atoms with Crippen LogP contribution < -0.4 is 5.32 Å². The average molecular weight is 432 g/mol. The molecule has 2 atom stereocenters. The number of hydrogen-bond acceptors (Lipinski definition) is 6. The van der Waals surface area contributed by atoms with E-state index in [4.69, 9.17) is 16.3 Å². The van der Waals surface area contributed by atoms with Gasteiger partial charge in [0.2, 0.25) is 5.95 Å². The monoisotopic (exact) mass is 431 g/mol. The summed E-state index contributed by atoms with van der Waals surface area (Å²) < 4.78 is 46.1. The Kier molecular flexibility index (Phi) is 6.02. The topological polar surface area (TPSA) is 80.2 Å². The van der Waals surface area contributed by atoms with Crippen LogP contribution in [-0.4, -0.2) is 56.8 Å². The molecule has 0 saturated carbocycles. The molecule has 1 N–H and O–H groups in total. The van der Waals surface area contributed by atoms with Gasteiger partial charge in [0.25, 0.3) is 6.43 Å². The quantitative estimate of drug-likeness (QED) is 0.727. The van der Waals surface area contributed by atoms with Crippen LogP contribution in [0.3, 0.4) is 0 Å². The normalized spacial score (nSPS) is 20.2. The molecule has 3 rings (SSSR count). The number of halogens is 4. The van der Waals surface area contributed by atoms with Crippen molar-refractivity contribution in [3.05, 3.63) is 23.0 Å². The number of nitrogens with one attached hydrogen (secondary N) is 1. The number of rotatable bonds is 3. The molecule has 0 bridgehead atoms. The van der Waals surface area contributed by atoms with Crippen molar-refractivity contribution in [2.24, 2.45) is 0 Å². The first-order valence-corrected chi connectivity index (χ1v) is 9.39. The highest BCUT2D eigenvalue weighted by atomic mass is 35.5. The van der Waals surface area contributed by atoms with E-state index in [0.29, 0.717) is 0 Å². The number of ether oxygens (including phenoxy) is 1. The third kappa shape index (κ3) is 5.37. The van der Waals surface area contributed by atoms with E-state index in [1.165, 1.54) is 11.1 Å². The molecular weight excluding hydrogens is 411 g/mol. The Morgan fingerprint density at radius 3 is 2.72 bits per heavy atom. The molecule has 1 saturated heterocycles. The van der Waals surface area contributed by atoms with Crippen molar-refractivity contribution in [3.8, 4) is 0 Å². The highest BCUT2D eigenvalue weighted by molar-refractivity contribution is 6.29. The van der Waals surface area contributed by atoms with Crippen molar-refractivity contribution in [1.82, 2.24) is 19.9 Å². The molecular formula is C18H21ClF3N5O2. The molecule has 1 aliphatic rings. The molecule has 1 amide bonds. The number of nitrogens with zero attached hydrogens (tertiary/aromatic N) is 4. The standard InChI is InChI=1S/C18H21ClF3N5O2/c1-18(2,3)29-17(28)27-7-9(20)4-10(8-27)24-16-23-6-12-14(26-16)11(15(21)22)5-13(19)25-12/h5-6,9-10,15H,4,7-8H2,1-3H3,(H,23,24,26)/t9-,10-/m0/s1. The van der Waals surface area contributed by atoms with Gasteiger partial charge in [-0.1, -0.05) is 11.6 Å². The minimum absolute atomic E-state index is 0.0340. The Bertz CT molecular complexity index is 909. The third-order valence-corrected chi connectivity index (χ3v) is 4.36. The smallest absolute Gasteiger partial charge is 0.410 e. The summed E-state index contributed by atoms with van der Waals surface area (Å²) in [6.07, 6.45) is -3.31. The van der Waals surface area contributed by atoms with Crippen molar-refractivity contribution in [1.29, 1.82) is 0 Å². The first-order chi connectivity index (χ1) is 13.5. The number of likely N-dealkylation sites (tertiary alicyclic amines) is 1. The summed E-state index contributed by atoms with van der Waals surface area (Å²) in [5.74, 6) is 0.0340. The fourth-order valence-electron chi connectivity index (χ4n) is 3.05. The van der Waals surface area contributed by atoms with Gasteiger partial charge in [-0.2, -0.15) is 0 Å². The van der Waals surface area contributed by atoms with Gasteiger partial charge in [0, 0.05) is 24.6 Å². The van der Waals surface area contributed by atoms with E-state index < -0.39 is 30.3 Å². The van der Waals surface area contributed by atoms with Crippen LogP contribution in [0.25, 0.3) is 11.0 Å². The van der Waals surface area contributed by atoms with E-state index in [-0.39, 0.29) is 47.2 Å². The number of alkyl halides is 3. The Morgan fingerprint density at radius 2 is 2.07 bits per heavy atom. The second-order valence-corrected chi connectivity index (χ2v) is 8.21. The minimum Gasteiger partial charge on any atom is -0.444 e. The first-order valence-electron chi connectivity index (χ1n) is 9.01. The summed E-state index contributed by atoms with van der Waals surface area (Å²) in [5, 5.41) is 2.83. The van der Waals surface area contributed by atoms with Crippen LogP contribution in [0.5, 0.6) is 0 Å². The summed E-state index contributed by atoms with van der Waals surface area (Å²) in [4.78, 5) is 25.6. The molecule has 0 aromatic carbocycles. The second kappa shape index (κ2) is 8.17. The predicted molar refractivity (Wildman–Crippen MR) is 102 cm³/mol. The fourth-order valence-corrected chi connectivity index (χ4v) is 3.26. The van der Waals surface area contributed by atoms with E-state index in [2.05, 4.69) is 20.3 Å². The van der Waals surface area contributed by atoms with Crippen molar-refractivity contribution in [2.45, 2.75) is 51.4 Å². The van der Waals surface area contributed by atoms with Crippen LogP contribution in [0, 0.1) is 0 Å². The molecule has 0 unspecified atom stereocenters. The Balaban J connectivity index is 1.79. The van der Waals surface area contributed by atoms with Crippen molar-refractivity contribution >= 4 is 34.7 Å². The van der Waals surface area contributed by atoms with Gasteiger partial charge in [0.05, 0.1) is 12.7 Å². The summed E-state index contributed by atoms with van der Waals surface area (Å²) in [6.45, 7) is 5.25. The van der Waals surface area contributed by atoms with Crippen LogP contribution in [0.4, 0.5) is 23.9 Å². The van der Waals surface area contributed by atoms with E-state index in [1.807, 2.05) is 0 Å². The van der Waals surface area contributed by atoms with Crippen LogP contribution in [0.2, 0.25) is 5.15 Å². The summed E-state index contributed by atoms with van der Waals surface area (Å²) in [6, 6.07) is 0.535. The molecule has 1 fully saturated rings. The molecule has 3 heterocycles. The predicted octanol–water partition coefficient (Wildman–Crippen LogP) is 4.38. The van der Waals surface area contributed by atoms with Gasteiger partial charge in [-0.15, -0.1) is 0 Å². The summed E-state index contributed by atoms with van der Waals surface area (Å²) in [7, 11) is 0. The van der Waals surface area contributed by atoms with Crippen LogP contribution in [-0.2, 0) is 4.74 Å². The van der Waals surface area contributed by atoms with Crippen LogP contribution in [0.15, 0.2) is 12.3 Å². The zero-order chi connectivity index (χ0) is 21.3. The lowest BCUT2D eigenvalue weighted by molar-refractivity contribution is 0.0124. The number of amides is 1. The van der Waals surface area contributed by atoms with E-state index in [1.54, 1.807) is 20.8 Å². The maximum atomic E-state index is 14.2. The molecule has 0 radical (unpaired) electrons. The largest absolute Gasteiger partial charge is 0.444 e. The SMILES string of the molecule is CC(C)(C)OC(=O)N1C[C@@H](F)C[C@H](Nc2ncc3nc(Cl)cc(C(F)F)c3n2)C1. The zero-order valence-corrected chi connectivity index (χ0v) is 16.9. The van der Waals surface area contributed by atoms with Gasteiger partial charge in [-0.3, -0.25) is 0 Å².